The van der Waals surface area contributed by atoms with E-state index in [0.717, 1.165) is 29.7 Å². The predicted molar refractivity (Wildman–Crippen MR) is 60.7 cm³/mol. The molecule has 1 amide bonds. The van der Waals surface area contributed by atoms with E-state index < -0.39 is 0 Å². The molecule has 2 aliphatic rings. The third-order valence-electron chi connectivity index (χ3n) is 3.38. The smallest absolute Gasteiger partial charge is 0.227 e. The number of para-hydroxylation sites is 1. The minimum atomic E-state index is 0.162. The second-order valence-electron chi connectivity index (χ2n) is 4.39. The van der Waals surface area contributed by atoms with E-state index in [1.807, 2.05) is 18.2 Å². The molecule has 2 aliphatic heterocycles. The molecular weight excluding hydrogens is 202 g/mol. The lowest BCUT2D eigenvalue weighted by Crippen LogP contribution is -2.35. The Kier molecular flexibility index (Phi) is 2.06. The summed E-state index contributed by atoms with van der Waals surface area (Å²) in [6.45, 7) is 0.689. The number of hydrogen-bond donors (Lipinski definition) is 0. The molecule has 0 aromatic heterocycles. The number of carbonyl (C=O) groups excluding carboxylic acids is 2. The molecule has 0 radical (unpaired) electrons. The van der Waals surface area contributed by atoms with Crippen molar-refractivity contribution in [2.75, 3.05) is 11.4 Å². The summed E-state index contributed by atoms with van der Waals surface area (Å²) in [6, 6.07) is 5.79. The van der Waals surface area contributed by atoms with Gasteiger partial charge < -0.3 is 4.90 Å². The highest BCUT2D eigenvalue weighted by Gasteiger charge is 2.30. The van der Waals surface area contributed by atoms with Gasteiger partial charge in [-0.1, -0.05) is 12.1 Å². The van der Waals surface area contributed by atoms with Crippen LogP contribution in [0.5, 0.6) is 0 Å². The Balaban J connectivity index is 2.24. The first-order valence-corrected chi connectivity index (χ1v) is 5.73. The van der Waals surface area contributed by atoms with E-state index >= 15 is 0 Å². The molecule has 0 atom stereocenters. The molecule has 3 nitrogen and oxygen atoms in total. The molecule has 0 unspecified atom stereocenters. The number of ketones is 1. The maximum atomic E-state index is 11.9. The SMILES string of the molecule is O=C1CCCN2C(=O)CCc3cccc1c32. The molecule has 0 spiro atoms. The van der Waals surface area contributed by atoms with E-state index in [9.17, 15) is 9.59 Å². The summed E-state index contributed by atoms with van der Waals surface area (Å²) in [7, 11) is 0. The topological polar surface area (TPSA) is 37.4 Å². The minimum Gasteiger partial charge on any atom is -0.311 e. The summed E-state index contributed by atoms with van der Waals surface area (Å²) < 4.78 is 0. The average molecular weight is 215 g/mol. The van der Waals surface area contributed by atoms with Gasteiger partial charge in [0.2, 0.25) is 5.91 Å². The van der Waals surface area contributed by atoms with Crippen LogP contribution < -0.4 is 4.90 Å². The highest BCUT2D eigenvalue weighted by molar-refractivity contribution is 6.08. The standard InChI is InChI=1S/C13H13NO2/c15-11-5-2-8-14-12(16)7-6-9-3-1-4-10(11)13(9)14/h1,3-4H,2,5-8H2. The highest BCUT2D eigenvalue weighted by atomic mass is 16.2. The van der Waals surface area contributed by atoms with E-state index in [-0.39, 0.29) is 11.7 Å². The van der Waals surface area contributed by atoms with Crippen molar-refractivity contribution in [2.45, 2.75) is 25.7 Å². The van der Waals surface area contributed by atoms with Gasteiger partial charge in [-0.3, -0.25) is 9.59 Å². The number of aryl methyl sites for hydroxylation is 1. The fourth-order valence-corrected chi connectivity index (χ4v) is 2.61. The molecule has 3 rings (SSSR count). The van der Waals surface area contributed by atoms with E-state index in [4.69, 9.17) is 0 Å². The zero-order valence-electron chi connectivity index (χ0n) is 9.03. The van der Waals surface area contributed by atoms with Crippen LogP contribution in [0.25, 0.3) is 0 Å². The van der Waals surface area contributed by atoms with Gasteiger partial charge in [0.15, 0.2) is 5.78 Å². The number of rotatable bonds is 0. The van der Waals surface area contributed by atoms with Crippen molar-refractivity contribution in [3.63, 3.8) is 0 Å². The fourth-order valence-electron chi connectivity index (χ4n) is 2.61. The third-order valence-corrected chi connectivity index (χ3v) is 3.38. The van der Waals surface area contributed by atoms with Crippen molar-refractivity contribution in [3.05, 3.63) is 29.3 Å². The van der Waals surface area contributed by atoms with E-state index in [0.29, 0.717) is 19.4 Å². The third kappa shape index (κ3) is 1.28. The summed E-state index contributed by atoms with van der Waals surface area (Å²) in [5, 5.41) is 0. The molecule has 0 fully saturated rings. The molecule has 1 aromatic rings. The number of nitrogens with zero attached hydrogens (tertiary/aromatic N) is 1. The van der Waals surface area contributed by atoms with E-state index in [1.54, 1.807) is 4.90 Å². The molecule has 0 saturated heterocycles. The van der Waals surface area contributed by atoms with Crippen LogP contribution in [0.15, 0.2) is 18.2 Å². The zero-order valence-corrected chi connectivity index (χ0v) is 9.03. The Bertz CT molecular complexity index is 479. The Morgan fingerprint density at radius 2 is 1.94 bits per heavy atom. The summed E-state index contributed by atoms with van der Waals surface area (Å²) in [4.78, 5) is 25.6. The number of hydrogen-bond acceptors (Lipinski definition) is 2. The molecule has 1 aromatic carbocycles. The number of amides is 1. The molecule has 3 heteroatoms. The molecule has 0 N–H and O–H groups in total. The Hall–Kier alpha value is -1.64. The summed E-state index contributed by atoms with van der Waals surface area (Å²) in [5.41, 5.74) is 2.77. The second-order valence-corrected chi connectivity index (χ2v) is 4.39. The van der Waals surface area contributed by atoms with Crippen molar-refractivity contribution in [3.8, 4) is 0 Å². The summed E-state index contributed by atoms with van der Waals surface area (Å²) >= 11 is 0. The molecule has 0 bridgehead atoms. The van der Waals surface area contributed by atoms with Crippen molar-refractivity contribution < 1.29 is 9.59 Å². The first-order chi connectivity index (χ1) is 7.77. The first-order valence-electron chi connectivity index (χ1n) is 5.73. The number of benzene rings is 1. The zero-order chi connectivity index (χ0) is 11.1. The van der Waals surface area contributed by atoms with Gasteiger partial charge in [-0.05, 0) is 24.5 Å². The summed E-state index contributed by atoms with van der Waals surface area (Å²) in [5.74, 6) is 0.337. The first kappa shape index (κ1) is 9.58. The molecule has 82 valence electrons. The number of Topliss-reactive ketones (excluding diaryl/α,β-unsaturated/α-hetero) is 1. The van der Waals surface area contributed by atoms with Gasteiger partial charge in [-0.25, -0.2) is 0 Å². The van der Waals surface area contributed by atoms with Crippen LogP contribution in [0.3, 0.4) is 0 Å². The lowest BCUT2D eigenvalue weighted by Gasteiger charge is -2.29. The van der Waals surface area contributed by atoms with E-state index in [1.165, 1.54) is 0 Å². The van der Waals surface area contributed by atoms with E-state index in [2.05, 4.69) is 0 Å². The van der Waals surface area contributed by atoms with Crippen LogP contribution in [0.4, 0.5) is 5.69 Å². The van der Waals surface area contributed by atoms with Crippen LogP contribution in [0, 0.1) is 0 Å². The Morgan fingerprint density at radius 1 is 1.06 bits per heavy atom. The Morgan fingerprint density at radius 3 is 2.81 bits per heavy atom. The van der Waals surface area contributed by atoms with Crippen LogP contribution in [-0.4, -0.2) is 18.2 Å². The van der Waals surface area contributed by atoms with Gasteiger partial charge in [0.1, 0.15) is 0 Å². The lowest BCUT2D eigenvalue weighted by molar-refractivity contribution is -0.118. The van der Waals surface area contributed by atoms with Gasteiger partial charge in [0.25, 0.3) is 0 Å². The van der Waals surface area contributed by atoms with Gasteiger partial charge in [0.05, 0.1) is 5.69 Å². The highest BCUT2D eigenvalue weighted by Crippen LogP contribution is 2.34. The van der Waals surface area contributed by atoms with Crippen molar-refractivity contribution in [1.82, 2.24) is 0 Å². The van der Waals surface area contributed by atoms with Gasteiger partial charge in [-0.15, -0.1) is 0 Å². The van der Waals surface area contributed by atoms with Crippen LogP contribution in [0.1, 0.15) is 35.2 Å². The van der Waals surface area contributed by atoms with Crippen LogP contribution >= 0.6 is 0 Å². The second kappa shape index (κ2) is 3.44. The molecule has 0 aliphatic carbocycles. The predicted octanol–water partition coefficient (Wildman–Crippen LogP) is 1.94. The van der Waals surface area contributed by atoms with Gasteiger partial charge in [-0.2, -0.15) is 0 Å². The quantitative estimate of drug-likeness (QED) is 0.663. The molecule has 2 heterocycles. The fraction of sp³-hybridized carbons (Fsp3) is 0.385. The Labute approximate surface area is 94.1 Å². The summed E-state index contributed by atoms with van der Waals surface area (Å²) in [6.07, 6.45) is 2.68. The van der Waals surface area contributed by atoms with Crippen LogP contribution in [0.2, 0.25) is 0 Å². The molecule has 0 saturated carbocycles. The maximum absolute atomic E-state index is 11.9. The van der Waals surface area contributed by atoms with Gasteiger partial charge in [0, 0.05) is 24.9 Å². The van der Waals surface area contributed by atoms with Crippen molar-refractivity contribution in [1.29, 1.82) is 0 Å². The average Bonchev–Trinajstić information content (AvgIpc) is 2.46. The molecular formula is C13H13NO2. The van der Waals surface area contributed by atoms with Crippen molar-refractivity contribution >= 4 is 17.4 Å². The monoisotopic (exact) mass is 215 g/mol. The minimum absolute atomic E-state index is 0.162. The molecule has 16 heavy (non-hydrogen) atoms. The maximum Gasteiger partial charge on any atom is 0.227 e. The normalized spacial score (nSPS) is 19.4. The van der Waals surface area contributed by atoms with Crippen LogP contribution in [-0.2, 0) is 11.2 Å². The number of carbonyl (C=O) groups is 2. The largest absolute Gasteiger partial charge is 0.311 e. The van der Waals surface area contributed by atoms with Crippen molar-refractivity contribution in [2.24, 2.45) is 0 Å². The van der Waals surface area contributed by atoms with Gasteiger partial charge >= 0.3 is 0 Å². The lowest BCUT2D eigenvalue weighted by atomic mass is 9.96. The number of anilines is 1.